The van der Waals surface area contributed by atoms with Gasteiger partial charge in [-0.3, -0.25) is 10.1 Å². The highest BCUT2D eigenvalue weighted by Gasteiger charge is 2.20. The van der Waals surface area contributed by atoms with E-state index in [0.717, 1.165) is 43.4 Å². The van der Waals surface area contributed by atoms with Gasteiger partial charge in [0, 0.05) is 24.7 Å². The van der Waals surface area contributed by atoms with E-state index in [1.807, 2.05) is 24.3 Å². The Labute approximate surface area is 205 Å². The number of rotatable bonds is 8. The first-order valence-electron chi connectivity index (χ1n) is 10.6. The zero-order valence-electron chi connectivity index (χ0n) is 18.2. The van der Waals surface area contributed by atoms with Gasteiger partial charge < -0.3 is 20.5 Å². The number of non-ortho nitro benzene ring substituents is 1. The summed E-state index contributed by atoms with van der Waals surface area (Å²) in [5.41, 5.74) is 2.18. The number of ether oxygens (including phenoxy) is 1. The zero-order chi connectivity index (χ0) is 22.1. The number of nitro benzene ring substituents is 1. The van der Waals surface area contributed by atoms with E-state index in [0.29, 0.717) is 19.0 Å². The van der Waals surface area contributed by atoms with Crippen LogP contribution in [0.15, 0.2) is 53.5 Å². The molecule has 174 valence electrons. The van der Waals surface area contributed by atoms with Crippen LogP contribution < -0.4 is 15.4 Å². The van der Waals surface area contributed by atoms with Gasteiger partial charge >= 0.3 is 0 Å². The summed E-state index contributed by atoms with van der Waals surface area (Å²) in [6, 6.07) is 14.7. The number of benzene rings is 2. The van der Waals surface area contributed by atoms with Crippen LogP contribution in [0, 0.1) is 10.1 Å². The molecule has 2 aromatic rings. The van der Waals surface area contributed by atoms with Gasteiger partial charge in [-0.1, -0.05) is 24.3 Å². The van der Waals surface area contributed by atoms with Gasteiger partial charge in [0.25, 0.3) is 5.69 Å². The summed E-state index contributed by atoms with van der Waals surface area (Å²) in [5, 5.41) is 27.4. The smallest absolute Gasteiger partial charge is 0.269 e. The largest absolute Gasteiger partial charge is 0.497 e. The molecule has 32 heavy (non-hydrogen) atoms. The Morgan fingerprint density at radius 3 is 2.31 bits per heavy atom. The van der Waals surface area contributed by atoms with Crippen molar-refractivity contribution in [3.05, 3.63) is 69.8 Å². The number of aliphatic hydroxyl groups excluding tert-OH is 1. The maximum Gasteiger partial charge on any atom is 0.269 e. The van der Waals surface area contributed by atoms with E-state index in [4.69, 9.17) is 4.74 Å². The number of hydrogen-bond acceptors (Lipinski definition) is 5. The normalized spacial score (nSPS) is 18.4. The molecule has 0 spiro atoms. The summed E-state index contributed by atoms with van der Waals surface area (Å²) >= 11 is 0. The Morgan fingerprint density at radius 1 is 1.09 bits per heavy atom. The first-order chi connectivity index (χ1) is 15.0. The minimum Gasteiger partial charge on any atom is -0.497 e. The first kappa shape index (κ1) is 25.9. The van der Waals surface area contributed by atoms with Crippen molar-refractivity contribution in [2.75, 3.05) is 13.7 Å². The van der Waals surface area contributed by atoms with E-state index in [1.165, 1.54) is 17.7 Å². The van der Waals surface area contributed by atoms with E-state index < -0.39 is 4.92 Å². The molecule has 3 rings (SSSR count). The van der Waals surface area contributed by atoms with Crippen LogP contribution in [0.1, 0.15) is 36.8 Å². The third-order valence-electron chi connectivity index (χ3n) is 5.47. The fourth-order valence-electron chi connectivity index (χ4n) is 3.58. The van der Waals surface area contributed by atoms with Gasteiger partial charge in [-0.25, -0.2) is 4.99 Å². The lowest BCUT2D eigenvalue weighted by molar-refractivity contribution is -0.384. The Bertz CT molecular complexity index is 867. The lowest BCUT2D eigenvalue weighted by Gasteiger charge is -2.27. The monoisotopic (exact) mass is 554 g/mol. The Hall–Kier alpha value is -2.40. The highest BCUT2D eigenvalue weighted by molar-refractivity contribution is 14.0. The standard InChI is InChI=1S/C23H30N4O4.HI/c1-31-22-12-4-17(5-13-22)14-15-24-23(26-19-6-10-21(28)11-7-19)25-16-18-2-8-20(9-3-18)27(29)30;/h2-5,8-9,12-13,19,21,28H,6-7,10-11,14-16H2,1H3,(H2,24,25,26);1H. The molecule has 0 bridgehead atoms. The molecule has 1 saturated carbocycles. The van der Waals surface area contributed by atoms with E-state index in [9.17, 15) is 15.2 Å². The summed E-state index contributed by atoms with van der Waals surface area (Å²) in [6.45, 7) is 1.14. The summed E-state index contributed by atoms with van der Waals surface area (Å²) in [4.78, 5) is 15.1. The maximum absolute atomic E-state index is 10.8. The van der Waals surface area contributed by atoms with Crippen molar-refractivity contribution in [2.45, 2.75) is 50.8 Å². The van der Waals surface area contributed by atoms with E-state index >= 15 is 0 Å². The van der Waals surface area contributed by atoms with Crippen LogP contribution in [0.3, 0.4) is 0 Å². The molecule has 0 saturated heterocycles. The van der Waals surface area contributed by atoms with Crippen LogP contribution in [0.5, 0.6) is 5.75 Å². The van der Waals surface area contributed by atoms with Crippen molar-refractivity contribution in [1.82, 2.24) is 10.6 Å². The van der Waals surface area contributed by atoms with Gasteiger partial charge in [0.1, 0.15) is 5.75 Å². The van der Waals surface area contributed by atoms with Gasteiger partial charge in [-0.2, -0.15) is 0 Å². The van der Waals surface area contributed by atoms with Crippen LogP contribution in [-0.4, -0.2) is 41.8 Å². The molecule has 0 atom stereocenters. The van der Waals surface area contributed by atoms with Gasteiger partial charge in [0.05, 0.1) is 24.7 Å². The number of aliphatic imine (C=N–C) groups is 1. The fraction of sp³-hybridized carbons (Fsp3) is 0.435. The number of aliphatic hydroxyl groups is 1. The molecular weight excluding hydrogens is 523 g/mol. The Kier molecular flexibility index (Phi) is 10.7. The molecular formula is C23H31IN4O4. The molecule has 0 aliphatic heterocycles. The molecule has 9 heteroatoms. The average molecular weight is 554 g/mol. The van der Waals surface area contributed by atoms with Gasteiger partial charge in [-0.05, 0) is 55.4 Å². The predicted molar refractivity (Wildman–Crippen MR) is 136 cm³/mol. The van der Waals surface area contributed by atoms with Crippen molar-refractivity contribution in [3.63, 3.8) is 0 Å². The minimum absolute atomic E-state index is 0. The summed E-state index contributed by atoms with van der Waals surface area (Å²) in [5.74, 6) is 1.55. The zero-order valence-corrected chi connectivity index (χ0v) is 20.5. The summed E-state index contributed by atoms with van der Waals surface area (Å²) < 4.78 is 5.20. The van der Waals surface area contributed by atoms with E-state index in [-0.39, 0.29) is 41.8 Å². The van der Waals surface area contributed by atoms with Crippen LogP contribution in [0.4, 0.5) is 5.69 Å². The van der Waals surface area contributed by atoms with Crippen LogP contribution in [0.2, 0.25) is 0 Å². The molecule has 3 N–H and O–H groups in total. The molecule has 0 radical (unpaired) electrons. The van der Waals surface area contributed by atoms with Crippen LogP contribution in [0.25, 0.3) is 0 Å². The van der Waals surface area contributed by atoms with E-state index in [2.05, 4.69) is 15.6 Å². The summed E-state index contributed by atoms with van der Waals surface area (Å²) in [7, 11) is 1.65. The second kappa shape index (κ2) is 13.2. The third-order valence-corrected chi connectivity index (χ3v) is 5.47. The van der Waals surface area contributed by atoms with Crippen molar-refractivity contribution >= 4 is 35.6 Å². The fourth-order valence-corrected chi connectivity index (χ4v) is 3.58. The topological polar surface area (TPSA) is 109 Å². The van der Waals surface area contributed by atoms with Gasteiger partial charge in [0.15, 0.2) is 5.96 Å². The molecule has 0 unspecified atom stereocenters. The first-order valence-corrected chi connectivity index (χ1v) is 10.6. The van der Waals surface area contributed by atoms with Gasteiger partial charge in [-0.15, -0.1) is 24.0 Å². The molecule has 0 aromatic heterocycles. The molecule has 2 aromatic carbocycles. The molecule has 8 nitrogen and oxygen atoms in total. The average Bonchev–Trinajstić information content (AvgIpc) is 2.79. The molecule has 0 heterocycles. The maximum atomic E-state index is 10.8. The number of methoxy groups -OCH3 is 1. The van der Waals surface area contributed by atoms with Gasteiger partial charge in [0.2, 0.25) is 0 Å². The second-order valence-corrected chi connectivity index (χ2v) is 7.76. The minimum atomic E-state index is -0.405. The van der Waals surface area contributed by atoms with Crippen molar-refractivity contribution in [2.24, 2.45) is 4.99 Å². The quantitative estimate of drug-likeness (QED) is 0.151. The SMILES string of the molecule is COc1ccc(CCNC(=NCc2ccc([N+](=O)[O-])cc2)NC2CCC(O)CC2)cc1.I. The number of nitrogens with zero attached hydrogens (tertiary/aromatic N) is 2. The van der Waals surface area contributed by atoms with Crippen LogP contribution in [-0.2, 0) is 13.0 Å². The molecule has 1 fully saturated rings. The number of halogens is 1. The third kappa shape index (κ3) is 8.27. The highest BCUT2D eigenvalue weighted by atomic mass is 127. The Morgan fingerprint density at radius 2 is 1.72 bits per heavy atom. The number of nitro groups is 1. The lowest BCUT2D eigenvalue weighted by Crippen LogP contribution is -2.45. The Balaban J connectivity index is 0.00000363. The van der Waals surface area contributed by atoms with Crippen LogP contribution >= 0.6 is 24.0 Å². The number of guanidine groups is 1. The summed E-state index contributed by atoms with van der Waals surface area (Å²) in [6.07, 6.45) is 4.02. The molecule has 1 aliphatic carbocycles. The van der Waals surface area contributed by atoms with Crippen molar-refractivity contribution < 1.29 is 14.8 Å². The van der Waals surface area contributed by atoms with Crippen molar-refractivity contribution in [3.8, 4) is 5.75 Å². The predicted octanol–water partition coefficient (Wildman–Crippen LogP) is 3.80. The number of nitrogens with one attached hydrogen (secondary N) is 2. The van der Waals surface area contributed by atoms with Crippen molar-refractivity contribution in [1.29, 1.82) is 0 Å². The number of hydrogen-bond donors (Lipinski definition) is 3. The van der Waals surface area contributed by atoms with E-state index in [1.54, 1.807) is 19.2 Å². The molecule has 0 amide bonds. The molecule has 1 aliphatic rings. The highest BCUT2D eigenvalue weighted by Crippen LogP contribution is 2.18. The lowest BCUT2D eigenvalue weighted by atomic mass is 9.93. The second-order valence-electron chi connectivity index (χ2n) is 7.76.